The summed E-state index contributed by atoms with van der Waals surface area (Å²) in [7, 11) is 0. The van der Waals surface area contributed by atoms with Crippen LogP contribution in [0.5, 0.6) is 0 Å². The highest BCUT2D eigenvalue weighted by molar-refractivity contribution is 5.95. The first-order valence-corrected chi connectivity index (χ1v) is 6.24. The molecule has 21 heavy (non-hydrogen) atoms. The van der Waals surface area contributed by atoms with Crippen LogP contribution in [0.1, 0.15) is 27.0 Å². The van der Waals surface area contributed by atoms with Gasteiger partial charge in [0.05, 0.1) is 11.6 Å². The Balaban J connectivity index is 2.11. The Morgan fingerprint density at radius 1 is 1.24 bits per heavy atom. The maximum Gasteiger partial charge on any atom is 0.251 e. The fourth-order valence-corrected chi connectivity index (χ4v) is 1.87. The second-order valence-electron chi connectivity index (χ2n) is 4.56. The van der Waals surface area contributed by atoms with Crippen LogP contribution >= 0.6 is 0 Å². The van der Waals surface area contributed by atoms with Gasteiger partial charge in [-0.3, -0.25) is 4.79 Å². The van der Waals surface area contributed by atoms with Gasteiger partial charge in [-0.1, -0.05) is 12.1 Å². The van der Waals surface area contributed by atoms with E-state index in [0.717, 1.165) is 12.1 Å². The van der Waals surface area contributed by atoms with Crippen molar-refractivity contribution in [3.05, 3.63) is 70.3 Å². The zero-order chi connectivity index (χ0) is 15.4. The van der Waals surface area contributed by atoms with E-state index in [2.05, 4.69) is 5.32 Å². The van der Waals surface area contributed by atoms with Gasteiger partial charge in [0, 0.05) is 17.7 Å². The number of halogens is 2. The Bertz CT molecular complexity index is 736. The summed E-state index contributed by atoms with van der Waals surface area (Å²) in [5.74, 6) is -1.55. The number of carbonyl (C=O) groups is 1. The number of nitriles is 1. The van der Waals surface area contributed by atoms with Crippen molar-refractivity contribution in [3.63, 3.8) is 0 Å². The summed E-state index contributed by atoms with van der Waals surface area (Å²) in [5.41, 5.74) is 1.32. The van der Waals surface area contributed by atoms with Crippen molar-refractivity contribution in [3.8, 4) is 6.07 Å². The minimum absolute atomic E-state index is 0.0354. The summed E-state index contributed by atoms with van der Waals surface area (Å²) >= 11 is 0. The first kappa shape index (κ1) is 14.7. The number of nitrogens with zero attached hydrogens (tertiary/aromatic N) is 1. The predicted octanol–water partition coefficient (Wildman–Crippen LogP) is 3.07. The van der Waals surface area contributed by atoms with Gasteiger partial charge in [-0.05, 0) is 36.8 Å². The molecule has 2 aromatic carbocycles. The summed E-state index contributed by atoms with van der Waals surface area (Å²) in [5, 5.41) is 11.2. The normalized spacial score (nSPS) is 10.0. The van der Waals surface area contributed by atoms with E-state index in [4.69, 9.17) is 5.26 Å². The summed E-state index contributed by atoms with van der Waals surface area (Å²) in [6.07, 6.45) is 0. The molecule has 2 aromatic rings. The van der Waals surface area contributed by atoms with Crippen LogP contribution in [0.4, 0.5) is 8.78 Å². The molecule has 5 heteroatoms. The van der Waals surface area contributed by atoms with Crippen LogP contribution in [0.3, 0.4) is 0 Å². The third-order valence-corrected chi connectivity index (χ3v) is 3.07. The number of nitrogens with one attached hydrogen (secondary N) is 1. The van der Waals surface area contributed by atoms with Gasteiger partial charge in [-0.15, -0.1) is 0 Å². The van der Waals surface area contributed by atoms with E-state index in [1.807, 2.05) is 6.07 Å². The average molecular weight is 286 g/mol. The molecule has 0 bridgehead atoms. The molecular formula is C16H12F2N2O. The number of amides is 1. The maximum absolute atomic E-state index is 13.7. The molecule has 0 fully saturated rings. The van der Waals surface area contributed by atoms with Crippen LogP contribution in [0.15, 0.2) is 36.4 Å². The predicted molar refractivity (Wildman–Crippen MR) is 73.4 cm³/mol. The number of carbonyl (C=O) groups excluding carboxylic acids is 1. The molecule has 0 heterocycles. The third-order valence-electron chi connectivity index (χ3n) is 3.07. The van der Waals surface area contributed by atoms with Crippen LogP contribution < -0.4 is 5.32 Å². The van der Waals surface area contributed by atoms with Crippen molar-refractivity contribution in [2.45, 2.75) is 13.5 Å². The molecule has 2 rings (SSSR count). The monoisotopic (exact) mass is 286 g/mol. The molecule has 0 aliphatic carbocycles. The number of hydrogen-bond donors (Lipinski definition) is 1. The molecule has 1 N–H and O–H groups in total. The number of benzene rings is 2. The quantitative estimate of drug-likeness (QED) is 0.942. The molecule has 3 nitrogen and oxygen atoms in total. The Morgan fingerprint density at radius 2 is 2.00 bits per heavy atom. The molecule has 0 aliphatic rings. The lowest BCUT2D eigenvalue weighted by atomic mass is 10.1. The molecule has 1 amide bonds. The van der Waals surface area contributed by atoms with Crippen LogP contribution in [0.2, 0.25) is 0 Å². The smallest absolute Gasteiger partial charge is 0.251 e. The molecule has 106 valence electrons. The summed E-state index contributed by atoms with van der Waals surface area (Å²) in [4.78, 5) is 12.0. The van der Waals surface area contributed by atoms with Gasteiger partial charge < -0.3 is 5.32 Å². The van der Waals surface area contributed by atoms with Crippen molar-refractivity contribution in [1.82, 2.24) is 5.32 Å². The second kappa shape index (κ2) is 6.14. The molecule has 0 radical (unpaired) electrons. The highest BCUT2D eigenvalue weighted by Gasteiger charge is 2.11. The Kier molecular flexibility index (Phi) is 4.29. The van der Waals surface area contributed by atoms with E-state index in [1.54, 1.807) is 6.92 Å². The standard InChI is InChI=1S/C16H12F2N2O/c1-10-2-5-13(17)7-14(10)16(21)20-9-12-4-3-11(8-19)6-15(12)18/h2-7H,9H2,1H3,(H,20,21). The average Bonchev–Trinajstić information content (AvgIpc) is 2.48. The molecule has 0 spiro atoms. The Morgan fingerprint density at radius 3 is 2.67 bits per heavy atom. The van der Waals surface area contributed by atoms with Crippen LogP contribution in [-0.2, 0) is 6.54 Å². The Labute approximate surface area is 120 Å². The molecule has 0 aromatic heterocycles. The minimum atomic E-state index is -0.565. The van der Waals surface area contributed by atoms with E-state index in [0.29, 0.717) is 5.56 Å². The van der Waals surface area contributed by atoms with E-state index < -0.39 is 17.5 Å². The lowest BCUT2D eigenvalue weighted by Crippen LogP contribution is -2.24. The number of rotatable bonds is 3. The van der Waals surface area contributed by atoms with Crippen LogP contribution in [0, 0.1) is 29.9 Å². The van der Waals surface area contributed by atoms with Gasteiger partial charge in [0.2, 0.25) is 0 Å². The van der Waals surface area contributed by atoms with Crippen LogP contribution in [0.25, 0.3) is 0 Å². The summed E-state index contributed by atoms with van der Waals surface area (Å²) in [6.45, 7) is 1.66. The van der Waals surface area contributed by atoms with Gasteiger partial charge in [0.1, 0.15) is 11.6 Å². The molecule has 0 saturated heterocycles. The van der Waals surface area contributed by atoms with Gasteiger partial charge in [0.25, 0.3) is 5.91 Å². The summed E-state index contributed by atoms with van der Waals surface area (Å²) < 4.78 is 26.8. The largest absolute Gasteiger partial charge is 0.348 e. The minimum Gasteiger partial charge on any atom is -0.348 e. The first-order chi connectivity index (χ1) is 10.0. The van der Waals surface area contributed by atoms with E-state index in [1.165, 1.54) is 24.3 Å². The van der Waals surface area contributed by atoms with Gasteiger partial charge in [0.15, 0.2) is 0 Å². The molecule has 0 unspecified atom stereocenters. The molecule has 0 atom stereocenters. The van der Waals surface area contributed by atoms with Crippen molar-refractivity contribution in [1.29, 1.82) is 5.26 Å². The van der Waals surface area contributed by atoms with Crippen molar-refractivity contribution in [2.75, 3.05) is 0 Å². The molecule has 0 aliphatic heterocycles. The fourth-order valence-electron chi connectivity index (χ4n) is 1.87. The highest BCUT2D eigenvalue weighted by atomic mass is 19.1. The highest BCUT2D eigenvalue weighted by Crippen LogP contribution is 2.12. The second-order valence-corrected chi connectivity index (χ2v) is 4.56. The van der Waals surface area contributed by atoms with Crippen LogP contribution in [-0.4, -0.2) is 5.91 Å². The zero-order valence-corrected chi connectivity index (χ0v) is 11.3. The van der Waals surface area contributed by atoms with Gasteiger partial charge in [-0.2, -0.15) is 5.26 Å². The van der Waals surface area contributed by atoms with Gasteiger partial charge >= 0.3 is 0 Å². The zero-order valence-electron chi connectivity index (χ0n) is 11.3. The molecular weight excluding hydrogens is 274 g/mol. The van der Waals surface area contributed by atoms with E-state index in [9.17, 15) is 13.6 Å². The van der Waals surface area contributed by atoms with Crippen molar-refractivity contribution >= 4 is 5.91 Å². The number of aryl methyl sites for hydroxylation is 1. The van der Waals surface area contributed by atoms with E-state index >= 15 is 0 Å². The lowest BCUT2D eigenvalue weighted by molar-refractivity contribution is 0.0949. The van der Waals surface area contributed by atoms with Gasteiger partial charge in [-0.25, -0.2) is 8.78 Å². The maximum atomic E-state index is 13.7. The molecule has 0 saturated carbocycles. The number of hydrogen-bond acceptors (Lipinski definition) is 2. The van der Waals surface area contributed by atoms with E-state index in [-0.39, 0.29) is 23.2 Å². The summed E-state index contributed by atoms with van der Waals surface area (Å²) in [6, 6.07) is 9.76. The third kappa shape index (κ3) is 3.42. The Hall–Kier alpha value is -2.74. The lowest BCUT2D eigenvalue weighted by Gasteiger charge is -2.08. The first-order valence-electron chi connectivity index (χ1n) is 6.24. The fraction of sp³-hybridized carbons (Fsp3) is 0.125. The topological polar surface area (TPSA) is 52.9 Å². The van der Waals surface area contributed by atoms with Crippen molar-refractivity contribution in [2.24, 2.45) is 0 Å². The SMILES string of the molecule is Cc1ccc(F)cc1C(=O)NCc1ccc(C#N)cc1F. The van der Waals surface area contributed by atoms with Crippen molar-refractivity contribution < 1.29 is 13.6 Å².